The number of carbonyl (C=O) groups is 1. The van der Waals surface area contributed by atoms with Crippen molar-refractivity contribution in [3.8, 4) is 0 Å². The van der Waals surface area contributed by atoms with Crippen molar-refractivity contribution in [1.29, 1.82) is 0 Å². The summed E-state index contributed by atoms with van der Waals surface area (Å²) in [4.78, 5) is 16.7. The molecule has 2 amide bonds. The molecule has 1 aromatic rings. The number of sulfonamides is 1. The molecule has 8 nitrogen and oxygen atoms in total. The average Bonchev–Trinajstić information content (AvgIpc) is 3.14. The van der Waals surface area contributed by atoms with Crippen LogP contribution in [0.25, 0.3) is 0 Å². The van der Waals surface area contributed by atoms with Crippen LogP contribution in [0, 0.1) is 0 Å². The molecule has 0 spiro atoms. The lowest BCUT2D eigenvalue weighted by atomic mass is 10.2. The first-order valence-electron chi connectivity index (χ1n) is 8.88. The number of anilines is 2. The van der Waals surface area contributed by atoms with Crippen molar-refractivity contribution in [2.75, 3.05) is 55.9 Å². The van der Waals surface area contributed by atoms with Gasteiger partial charge >= 0.3 is 6.03 Å². The Bertz CT molecular complexity index is 734. The third-order valence-electron chi connectivity index (χ3n) is 4.66. The average molecular weight is 382 g/mol. The smallest absolute Gasteiger partial charge is 0.322 e. The van der Waals surface area contributed by atoms with E-state index in [0.717, 1.165) is 43.6 Å². The number of urea groups is 1. The Hall–Kier alpha value is -1.84. The van der Waals surface area contributed by atoms with Crippen LogP contribution in [0.5, 0.6) is 0 Å². The maximum absolute atomic E-state index is 12.8. The molecule has 9 heteroatoms. The second-order valence-corrected chi connectivity index (χ2v) is 8.52. The van der Waals surface area contributed by atoms with E-state index in [1.807, 2.05) is 24.3 Å². The van der Waals surface area contributed by atoms with Crippen molar-refractivity contribution in [3.63, 3.8) is 0 Å². The minimum absolute atomic E-state index is 0.139. The van der Waals surface area contributed by atoms with E-state index in [2.05, 4.69) is 14.9 Å². The van der Waals surface area contributed by atoms with Crippen LogP contribution in [0.2, 0.25) is 0 Å². The standard InChI is InChI=1S/C17H26N4O4S/c1-26(23,24)18-12-14-13-25-11-10-21(14)17(22)19-15-6-2-3-7-16(15)20-8-4-5-9-20/h2-3,6-7,14,18H,4-5,8-13H2,1H3,(H,19,22). The molecular formula is C17H26N4O4S. The summed E-state index contributed by atoms with van der Waals surface area (Å²) in [5.74, 6) is 0. The van der Waals surface area contributed by atoms with Crippen LogP contribution in [0.4, 0.5) is 16.2 Å². The molecule has 1 atom stereocenters. The summed E-state index contributed by atoms with van der Waals surface area (Å²) in [5.41, 5.74) is 1.80. The number of rotatable bonds is 5. The fourth-order valence-electron chi connectivity index (χ4n) is 3.34. The third-order valence-corrected chi connectivity index (χ3v) is 5.35. The van der Waals surface area contributed by atoms with Crippen molar-refractivity contribution in [2.24, 2.45) is 0 Å². The van der Waals surface area contributed by atoms with Crippen LogP contribution in [-0.4, -0.2) is 71.0 Å². The van der Waals surface area contributed by atoms with E-state index in [0.29, 0.717) is 19.8 Å². The highest BCUT2D eigenvalue weighted by Crippen LogP contribution is 2.29. The fraction of sp³-hybridized carbons (Fsp3) is 0.588. The van der Waals surface area contributed by atoms with E-state index in [-0.39, 0.29) is 18.6 Å². The van der Waals surface area contributed by atoms with Gasteiger partial charge in [0, 0.05) is 26.2 Å². The minimum atomic E-state index is -3.32. The zero-order chi connectivity index (χ0) is 18.6. The lowest BCUT2D eigenvalue weighted by Gasteiger charge is -2.35. The van der Waals surface area contributed by atoms with Gasteiger partial charge in [-0.25, -0.2) is 17.9 Å². The SMILES string of the molecule is CS(=O)(=O)NCC1COCCN1C(=O)Nc1ccccc1N1CCCC1. The first-order chi connectivity index (χ1) is 12.4. The molecule has 0 bridgehead atoms. The number of hydrogen-bond acceptors (Lipinski definition) is 5. The molecule has 26 heavy (non-hydrogen) atoms. The number of nitrogens with zero attached hydrogens (tertiary/aromatic N) is 2. The van der Waals surface area contributed by atoms with E-state index in [1.54, 1.807) is 4.90 Å². The molecular weight excluding hydrogens is 356 g/mol. The van der Waals surface area contributed by atoms with E-state index >= 15 is 0 Å². The van der Waals surface area contributed by atoms with Gasteiger partial charge in [-0.1, -0.05) is 12.1 Å². The van der Waals surface area contributed by atoms with Gasteiger partial charge in [0.05, 0.1) is 36.9 Å². The second-order valence-electron chi connectivity index (χ2n) is 6.68. The number of nitrogens with one attached hydrogen (secondary N) is 2. The van der Waals surface area contributed by atoms with Crippen LogP contribution in [0.15, 0.2) is 24.3 Å². The summed E-state index contributed by atoms with van der Waals surface area (Å²) < 4.78 is 30.6. The Kier molecular flexibility index (Phi) is 6.00. The summed E-state index contributed by atoms with van der Waals surface area (Å²) in [6.07, 6.45) is 3.42. The van der Waals surface area contributed by atoms with Gasteiger partial charge in [-0.2, -0.15) is 0 Å². The van der Waals surface area contributed by atoms with Gasteiger partial charge in [-0.05, 0) is 25.0 Å². The van der Waals surface area contributed by atoms with Crippen LogP contribution in [-0.2, 0) is 14.8 Å². The van der Waals surface area contributed by atoms with Crippen molar-refractivity contribution >= 4 is 27.4 Å². The lowest BCUT2D eigenvalue weighted by Crippen LogP contribution is -2.54. The Balaban J connectivity index is 1.70. The van der Waals surface area contributed by atoms with Gasteiger partial charge in [0.15, 0.2) is 0 Å². The quantitative estimate of drug-likeness (QED) is 0.795. The van der Waals surface area contributed by atoms with Crippen LogP contribution in [0.1, 0.15) is 12.8 Å². The van der Waals surface area contributed by atoms with E-state index in [9.17, 15) is 13.2 Å². The molecule has 3 rings (SSSR count). The summed E-state index contributed by atoms with van der Waals surface area (Å²) in [6.45, 7) is 3.30. The molecule has 0 radical (unpaired) electrons. The number of morpholine rings is 1. The largest absolute Gasteiger partial charge is 0.377 e. The number of para-hydroxylation sites is 2. The van der Waals surface area contributed by atoms with E-state index in [4.69, 9.17) is 4.74 Å². The lowest BCUT2D eigenvalue weighted by molar-refractivity contribution is 0.0176. The Labute approximate surface area is 154 Å². The molecule has 1 aromatic carbocycles. The second kappa shape index (κ2) is 8.24. The van der Waals surface area contributed by atoms with E-state index < -0.39 is 10.0 Å². The molecule has 0 aromatic heterocycles. The summed E-state index contributed by atoms with van der Waals surface area (Å²) >= 11 is 0. The Morgan fingerprint density at radius 3 is 2.69 bits per heavy atom. The highest BCUT2D eigenvalue weighted by Gasteiger charge is 2.28. The van der Waals surface area contributed by atoms with Crippen LogP contribution < -0.4 is 14.9 Å². The molecule has 2 N–H and O–H groups in total. The summed E-state index contributed by atoms with van der Waals surface area (Å²) in [7, 11) is -3.32. The molecule has 2 aliphatic rings. The van der Waals surface area contributed by atoms with E-state index in [1.165, 1.54) is 0 Å². The van der Waals surface area contributed by atoms with Gasteiger partial charge in [-0.3, -0.25) is 0 Å². The van der Waals surface area contributed by atoms with Crippen molar-refractivity contribution in [2.45, 2.75) is 18.9 Å². The first kappa shape index (κ1) is 18.9. The maximum atomic E-state index is 12.8. The fourth-order valence-corrected chi connectivity index (χ4v) is 3.83. The predicted octanol–water partition coefficient (Wildman–Crippen LogP) is 1.07. The minimum Gasteiger partial charge on any atom is -0.377 e. The number of carbonyl (C=O) groups excluding carboxylic acids is 1. The molecule has 2 saturated heterocycles. The summed E-state index contributed by atoms with van der Waals surface area (Å²) in [6, 6.07) is 7.21. The van der Waals surface area contributed by atoms with Crippen LogP contribution in [0.3, 0.4) is 0 Å². The highest BCUT2D eigenvalue weighted by molar-refractivity contribution is 7.88. The number of ether oxygens (including phenoxy) is 1. The van der Waals surface area contributed by atoms with Gasteiger partial charge < -0.3 is 19.9 Å². The zero-order valence-electron chi connectivity index (χ0n) is 15.0. The van der Waals surface area contributed by atoms with Gasteiger partial charge in [0.2, 0.25) is 10.0 Å². The van der Waals surface area contributed by atoms with Crippen molar-refractivity contribution < 1.29 is 17.9 Å². The molecule has 2 heterocycles. The van der Waals surface area contributed by atoms with Gasteiger partial charge in [0.25, 0.3) is 0 Å². The first-order valence-corrected chi connectivity index (χ1v) is 10.8. The molecule has 1 unspecified atom stereocenters. The highest BCUT2D eigenvalue weighted by atomic mass is 32.2. The van der Waals surface area contributed by atoms with Crippen molar-refractivity contribution in [1.82, 2.24) is 9.62 Å². The Morgan fingerprint density at radius 1 is 1.23 bits per heavy atom. The number of hydrogen-bond donors (Lipinski definition) is 2. The molecule has 2 aliphatic heterocycles. The van der Waals surface area contributed by atoms with Crippen molar-refractivity contribution in [3.05, 3.63) is 24.3 Å². The normalized spacial score (nSPS) is 21.0. The van der Waals surface area contributed by atoms with Gasteiger partial charge in [-0.15, -0.1) is 0 Å². The van der Waals surface area contributed by atoms with Gasteiger partial charge in [0.1, 0.15) is 0 Å². The zero-order valence-corrected chi connectivity index (χ0v) is 15.8. The maximum Gasteiger partial charge on any atom is 0.322 e. The molecule has 144 valence electrons. The monoisotopic (exact) mass is 382 g/mol. The third kappa shape index (κ3) is 4.87. The molecule has 0 aliphatic carbocycles. The summed E-state index contributed by atoms with van der Waals surface area (Å²) in [5, 5.41) is 3.00. The predicted molar refractivity (Wildman–Crippen MR) is 101 cm³/mol. The van der Waals surface area contributed by atoms with Crippen LogP contribution >= 0.6 is 0 Å². The number of amides is 2. The molecule has 0 saturated carbocycles. The number of benzene rings is 1. The molecule has 2 fully saturated rings. The Morgan fingerprint density at radius 2 is 1.96 bits per heavy atom. The topological polar surface area (TPSA) is 91.0 Å².